The minimum Gasteiger partial charge on any atom is -0.449 e. The number of hydrogen-bond acceptors (Lipinski definition) is 5. The molecule has 49 heavy (non-hydrogen) atoms. The van der Waals surface area contributed by atoms with Crippen LogP contribution in [0.3, 0.4) is 0 Å². The van der Waals surface area contributed by atoms with Crippen LogP contribution in [-0.4, -0.2) is 0 Å². The van der Waals surface area contributed by atoms with Crippen molar-refractivity contribution in [1.29, 1.82) is 0 Å². The molecule has 0 amide bonds. The molecule has 0 radical (unpaired) electrons. The first kappa shape index (κ1) is 34.6. The zero-order chi connectivity index (χ0) is 36.3. The Morgan fingerprint density at radius 3 is 1.18 bits per heavy atom. The number of alkyl halides is 6. The molecule has 1 heterocycles. The average Bonchev–Trinajstić information content (AvgIpc) is 3.45. The molecular formula is C32H18F12N4O. The van der Waals surface area contributed by atoms with Gasteiger partial charge in [0.2, 0.25) is 5.82 Å². The fourth-order valence-electron chi connectivity index (χ4n) is 4.93. The van der Waals surface area contributed by atoms with Crippen molar-refractivity contribution in [3.63, 3.8) is 0 Å². The SMILES string of the molecule is Nc1c(F)c(F)c2c(oc3c(F)c(F)c(N)c(F)c32)c1F.Nc1ccc(-c2cc(C(F)(F)F)c(-c3ccc(N)cc3)cc2C(F)(F)F)cc1. The van der Waals surface area contributed by atoms with Crippen LogP contribution in [0.1, 0.15) is 11.1 Å². The highest BCUT2D eigenvalue weighted by molar-refractivity contribution is 6.08. The standard InChI is InChI=1S/C20H14F6N2.C12H4F6N2O/c21-19(22,23)17-10-16(12-3-7-14(28)8-4-12)18(20(24,25)26)9-15(17)11-1-5-13(27)6-2-11;13-3-1-2-4(14)9(19)6(16)7(17)11(2)21-12(1)8(18)10(20)5(3)15/h1-10H,27-28H2;19-20H2. The van der Waals surface area contributed by atoms with Crippen molar-refractivity contribution >= 4 is 44.7 Å². The third-order valence-electron chi connectivity index (χ3n) is 7.29. The van der Waals surface area contributed by atoms with Crippen LogP contribution in [0.25, 0.3) is 44.2 Å². The van der Waals surface area contributed by atoms with Crippen LogP contribution in [0, 0.1) is 34.9 Å². The number of anilines is 4. The molecule has 17 heteroatoms. The Kier molecular flexibility index (Phi) is 8.51. The van der Waals surface area contributed by atoms with Crippen molar-refractivity contribution in [2.75, 3.05) is 22.9 Å². The lowest BCUT2D eigenvalue weighted by atomic mass is 9.90. The summed E-state index contributed by atoms with van der Waals surface area (Å²) in [5.74, 6) is -10.2. The normalized spacial score (nSPS) is 12.0. The molecule has 6 rings (SSSR count). The third-order valence-corrected chi connectivity index (χ3v) is 7.29. The van der Waals surface area contributed by atoms with Gasteiger partial charge in [-0.2, -0.15) is 30.7 Å². The largest absolute Gasteiger partial charge is 0.449 e. The van der Waals surface area contributed by atoms with E-state index in [9.17, 15) is 52.7 Å². The average molecular weight is 702 g/mol. The molecule has 6 aromatic rings. The van der Waals surface area contributed by atoms with E-state index in [0.29, 0.717) is 12.1 Å². The van der Waals surface area contributed by atoms with E-state index in [4.69, 9.17) is 22.9 Å². The molecule has 0 aliphatic heterocycles. The Balaban J connectivity index is 0.000000199. The molecule has 5 aromatic carbocycles. The van der Waals surface area contributed by atoms with Gasteiger partial charge in [0.1, 0.15) is 11.4 Å². The summed E-state index contributed by atoms with van der Waals surface area (Å²) in [7, 11) is 0. The fraction of sp³-hybridized carbons (Fsp3) is 0.0625. The minimum atomic E-state index is -4.86. The zero-order valence-corrected chi connectivity index (χ0v) is 24.0. The molecule has 0 saturated heterocycles. The van der Waals surface area contributed by atoms with Crippen molar-refractivity contribution in [1.82, 2.24) is 0 Å². The van der Waals surface area contributed by atoms with Crippen LogP contribution in [0.2, 0.25) is 0 Å². The van der Waals surface area contributed by atoms with E-state index in [0.717, 1.165) is 0 Å². The molecule has 1 aromatic heterocycles. The van der Waals surface area contributed by atoms with E-state index in [1.807, 2.05) is 0 Å². The molecule has 0 fully saturated rings. The number of fused-ring (bicyclic) bond motifs is 3. The van der Waals surface area contributed by atoms with Gasteiger partial charge in [-0.05, 0) is 58.7 Å². The molecule has 0 aliphatic carbocycles. The number of halogens is 12. The van der Waals surface area contributed by atoms with Gasteiger partial charge in [-0.15, -0.1) is 0 Å². The third kappa shape index (κ3) is 6.07. The fourth-order valence-corrected chi connectivity index (χ4v) is 4.93. The second-order valence-corrected chi connectivity index (χ2v) is 10.4. The quantitative estimate of drug-likeness (QED) is 0.0815. The molecule has 0 saturated carbocycles. The van der Waals surface area contributed by atoms with Crippen LogP contribution in [-0.2, 0) is 12.4 Å². The number of furan rings is 1. The monoisotopic (exact) mass is 702 g/mol. The van der Waals surface area contributed by atoms with Gasteiger partial charge in [0.05, 0.1) is 21.9 Å². The minimum absolute atomic E-state index is 0.0177. The Morgan fingerprint density at radius 2 is 0.776 bits per heavy atom. The van der Waals surface area contributed by atoms with Crippen LogP contribution >= 0.6 is 0 Å². The van der Waals surface area contributed by atoms with Gasteiger partial charge < -0.3 is 27.4 Å². The second-order valence-electron chi connectivity index (χ2n) is 10.4. The number of rotatable bonds is 2. The Bertz CT molecular complexity index is 2090. The van der Waals surface area contributed by atoms with E-state index in [2.05, 4.69) is 4.42 Å². The van der Waals surface area contributed by atoms with Gasteiger partial charge in [0.15, 0.2) is 40.3 Å². The predicted molar refractivity (Wildman–Crippen MR) is 158 cm³/mol. The van der Waals surface area contributed by atoms with Gasteiger partial charge in [-0.25, -0.2) is 22.0 Å². The summed E-state index contributed by atoms with van der Waals surface area (Å²) < 4.78 is 169. The molecule has 0 atom stereocenters. The number of hydrogen-bond donors (Lipinski definition) is 4. The van der Waals surface area contributed by atoms with E-state index < -0.39 is 103 Å². The maximum atomic E-state index is 13.9. The number of nitrogen functional groups attached to an aromatic ring is 4. The highest BCUT2D eigenvalue weighted by Crippen LogP contribution is 2.46. The smallest absolute Gasteiger partial charge is 0.417 e. The van der Waals surface area contributed by atoms with Crippen molar-refractivity contribution in [3.8, 4) is 22.3 Å². The summed E-state index contributed by atoms with van der Waals surface area (Å²) in [5, 5.41) is -2.05. The van der Waals surface area contributed by atoms with Crippen LogP contribution < -0.4 is 22.9 Å². The van der Waals surface area contributed by atoms with Crippen molar-refractivity contribution in [2.45, 2.75) is 12.4 Å². The first-order chi connectivity index (χ1) is 22.7. The highest BCUT2D eigenvalue weighted by Gasteiger charge is 2.40. The molecule has 0 aliphatic rings. The maximum Gasteiger partial charge on any atom is 0.417 e. The van der Waals surface area contributed by atoms with Crippen LogP contribution in [0.4, 0.5) is 75.4 Å². The van der Waals surface area contributed by atoms with Gasteiger partial charge in [0, 0.05) is 11.4 Å². The molecule has 8 N–H and O–H groups in total. The van der Waals surface area contributed by atoms with Crippen molar-refractivity contribution in [3.05, 3.63) is 107 Å². The summed E-state index contributed by atoms with van der Waals surface area (Å²) in [6, 6.07) is 11.4. The summed E-state index contributed by atoms with van der Waals surface area (Å²) in [6.07, 6.45) is -9.72. The Labute approximate surface area is 266 Å². The number of benzene rings is 5. The van der Waals surface area contributed by atoms with Crippen molar-refractivity contribution in [2.24, 2.45) is 0 Å². The van der Waals surface area contributed by atoms with E-state index in [1.165, 1.54) is 48.5 Å². The Hall–Kier alpha value is -5.74. The summed E-state index contributed by atoms with van der Waals surface area (Å²) >= 11 is 0. The second kappa shape index (κ2) is 12.1. The lowest BCUT2D eigenvalue weighted by Crippen LogP contribution is -2.13. The molecular weight excluding hydrogens is 684 g/mol. The summed E-state index contributed by atoms with van der Waals surface area (Å²) in [6.45, 7) is 0. The van der Waals surface area contributed by atoms with E-state index in [-0.39, 0.29) is 22.5 Å². The van der Waals surface area contributed by atoms with Crippen molar-refractivity contribution < 1.29 is 57.1 Å². The molecule has 0 unspecified atom stereocenters. The van der Waals surface area contributed by atoms with Crippen LogP contribution in [0.15, 0.2) is 65.1 Å². The number of nitrogens with two attached hydrogens (primary N) is 4. The topological polar surface area (TPSA) is 117 Å². The van der Waals surface area contributed by atoms with Gasteiger partial charge in [-0.3, -0.25) is 0 Å². The maximum absolute atomic E-state index is 13.9. The summed E-state index contributed by atoms with van der Waals surface area (Å²) in [4.78, 5) is 0. The molecule has 256 valence electrons. The zero-order valence-electron chi connectivity index (χ0n) is 24.0. The van der Waals surface area contributed by atoms with Gasteiger partial charge in [-0.1, -0.05) is 24.3 Å². The molecule has 0 bridgehead atoms. The summed E-state index contributed by atoms with van der Waals surface area (Å²) in [5.41, 5.74) is 13.4. The predicted octanol–water partition coefficient (Wildman–Crippen LogP) is 9.81. The first-order valence-electron chi connectivity index (χ1n) is 13.4. The van der Waals surface area contributed by atoms with Gasteiger partial charge >= 0.3 is 12.4 Å². The lowest BCUT2D eigenvalue weighted by Gasteiger charge is -2.20. The lowest BCUT2D eigenvalue weighted by molar-refractivity contribution is -0.140. The van der Waals surface area contributed by atoms with E-state index in [1.54, 1.807) is 0 Å². The van der Waals surface area contributed by atoms with Gasteiger partial charge in [0.25, 0.3) is 0 Å². The first-order valence-corrected chi connectivity index (χ1v) is 13.4. The molecule has 5 nitrogen and oxygen atoms in total. The Morgan fingerprint density at radius 1 is 0.429 bits per heavy atom. The van der Waals surface area contributed by atoms with E-state index >= 15 is 0 Å². The van der Waals surface area contributed by atoms with Crippen LogP contribution in [0.5, 0.6) is 0 Å². The highest BCUT2D eigenvalue weighted by atomic mass is 19.4. The molecule has 0 spiro atoms.